The van der Waals surface area contributed by atoms with Gasteiger partial charge < -0.3 is 4.74 Å². The molecule has 0 atom stereocenters. The van der Waals surface area contributed by atoms with Crippen LogP contribution in [0.25, 0.3) is 0 Å². The van der Waals surface area contributed by atoms with Gasteiger partial charge in [0.25, 0.3) is 0 Å². The topological polar surface area (TPSA) is 87.2 Å². The van der Waals surface area contributed by atoms with Gasteiger partial charge in [0.1, 0.15) is 11.3 Å². The Bertz CT molecular complexity index is 388. The highest BCUT2D eigenvalue weighted by Crippen LogP contribution is 2.12. The second kappa shape index (κ2) is 4.85. The Morgan fingerprint density at radius 2 is 2.40 bits per heavy atom. The molecule has 0 saturated heterocycles. The van der Waals surface area contributed by atoms with Crippen LogP contribution < -0.4 is 5.48 Å². The van der Waals surface area contributed by atoms with E-state index < -0.39 is 5.97 Å². The molecule has 0 aromatic carbocycles. The Morgan fingerprint density at radius 1 is 1.73 bits per heavy atom. The fraction of sp³-hybridized carbons (Fsp3) is 0.375. The van der Waals surface area contributed by atoms with Gasteiger partial charge in [-0.1, -0.05) is 12.2 Å². The Hall–Kier alpha value is -1.47. The molecule has 7 heteroatoms. The molecular weight excluding hydrogens is 218 g/mol. The van der Waals surface area contributed by atoms with E-state index in [4.69, 9.17) is 22.2 Å². The van der Waals surface area contributed by atoms with Gasteiger partial charge in [0.15, 0.2) is 4.99 Å². The molecule has 0 aliphatic carbocycles. The van der Waals surface area contributed by atoms with Gasteiger partial charge in [0.2, 0.25) is 0 Å². The van der Waals surface area contributed by atoms with E-state index in [2.05, 4.69) is 10.2 Å². The lowest BCUT2D eigenvalue weighted by Gasteiger charge is -2.03. The molecule has 3 N–H and O–H groups in total. The second-order valence-electron chi connectivity index (χ2n) is 2.73. The number of ether oxygens (including phenoxy) is 1. The lowest BCUT2D eigenvalue weighted by molar-refractivity contribution is 0.0525. The highest BCUT2D eigenvalue weighted by Gasteiger charge is 2.21. The third-order valence-corrected chi connectivity index (χ3v) is 2.03. The number of nitrogens with one attached hydrogen (secondary N) is 2. The number of nitrogens with zero attached hydrogens (tertiary/aromatic N) is 1. The predicted molar refractivity (Wildman–Crippen MR) is 55.9 cm³/mol. The van der Waals surface area contributed by atoms with Crippen molar-refractivity contribution in [1.29, 1.82) is 0 Å². The molecule has 0 amide bonds. The zero-order valence-corrected chi connectivity index (χ0v) is 9.14. The first-order chi connectivity index (χ1) is 7.11. The minimum atomic E-state index is -0.517. The van der Waals surface area contributed by atoms with Gasteiger partial charge in [-0.2, -0.15) is 5.10 Å². The number of carbonyl (C=O) groups excluding carboxylic acids is 1. The number of carbonyl (C=O) groups is 1. The number of aromatic nitrogens is 2. The van der Waals surface area contributed by atoms with Crippen molar-refractivity contribution in [2.45, 2.75) is 13.8 Å². The van der Waals surface area contributed by atoms with Crippen LogP contribution in [0.4, 0.5) is 0 Å². The third-order valence-electron chi connectivity index (χ3n) is 1.74. The molecule has 0 aliphatic heterocycles. The number of H-pyrrole nitrogens is 1. The summed E-state index contributed by atoms with van der Waals surface area (Å²) in [4.78, 5) is 11.5. The molecule has 1 rings (SSSR count). The maximum absolute atomic E-state index is 11.5. The molecule has 0 radical (unpaired) electrons. The fourth-order valence-electron chi connectivity index (χ4n) is 1.10. The summed E-state index contributed by atoms with van der Waals surface area (Å²) in [6, 6.07) is 0. The fourth-order valence-corrected chi connectivity index (χ4v) is 1.25. The minimum Gasteiger partial charge on any atom is -0.462 e. The predicted octanol–water partition coefficient (Wildman–Crippen LogP) is 0.549. The number of esters is 1. The van der Waals surface area contributed by atoms with Crippen molar-refractivity contribution in [2.24, 2.45) is 0 Å². The summed E-state index contributed by atoms with van der Waals surface area (Å²) in [5.74, 6) is -0.517. The number of hydrogen-bond donors (Lipinski definition) is 3. The summed E-state index contributed by atoms with van der Waals surface area (Å²) >= 11 is 4.77. The van der Waals surface area contributed by atoms with E-state index in [0.717, 1.165) is 0 Å². The molecule has 0 spiro atoms. The number of thiocarbonyl (C=S) groups is 1. The van der Waals surface area contributed by atoms with Crippen molar-refractivity contribution in [3.63, 3.8) is 0 Å². The summed E-state index contributed by atoms with van der Waals surface area (Å²) in [5, 5.41) is 15.0. The highest BCUT2D eigenvalue weighted by atomic mass is 32.1. The van der Waals surface area contributed by atoms with Crippen molar-refractivity contribution in [2.75, 3.05) is 6.61 Å². The Balaban J connectivity index is 3.09. The van der Waals surface area contributed by atoms with Crippen LogP contribution >= 0.6 is 12.2 Å². The zero-order chi connectivity index (χ0) is 11.4. The lowest BCUT2D eigenvalue weighted by atomic mass is 10.2. The summed E-state index contributed by atoms with van der Waals surface area (Å²) < 4.78 is 4.83. The average Bonchev–Trinajstić information content (AvgIpc) is 2.59. The number of aryl methyl sites for hydroxylation is 1. The minimum absolute atomic E-state index is 0.0256. The van der Waals surface area contributed by atoms with E-state index in [1.807, 2.05) is 0 Å². The van der Waals surface area contributed by atoms with Gasteiger partial charge in [-0.15, -0.1) is 0 Å². The summed E-state index contributed by atoms with van der Waals surface area (Å²) in [7, 11) is 0. The smallest absolute Gasteiger partial charge is 0.342 e. The van der Waals surface area contributed by atoms with Crippen molar-refractivity contribution >= 4 is 23.2 Å². The first kappa shape index (κ1) is 11.6. The van der Waals surface area contributed by atoms with E-state index >= 15 is 0 Å². The van der Waals surface area contributed by atoms with Crippen molar-refractivity contribution in [3.8, 4) is 0 Å². The average molecular weight is 229 g/mol. The van der Waals surface area contributed by atoms with Crippen LogP contribution in [0.3, 0.4) is 0 Å². The molecule has 0 bridgehead atoms. The van der Waals surface area contributed by atoms with Crippen LogP contribution in [0.2, 0.25) is 0 Å². The molecule has 15 heavy (non-hydrogen) atoms. The number of hydroxylamine groups is 1. The van der Waals surface area contributed by atoms with E-state index in [9.17, 15) is 4.79 Å². The zero-order valence-electron chi connectivity index (χ0n) is 8.33. The first-order valence-electron chi connectivity index (χ1n) is 4.28. The quantitative estimate of drug-likeness (QED) is 0.398. The van der Waals surface area contributed by atoms with E-state index in [0.29, 0.717) is 5.69 Å². The van der Waals surface area contributed by atoms with Crippen molar-refractivity contribution in [3.05, 3.63) is 17.0 Å². The molecule has 0 saturated carbocycles. The number of hydrogen-bond acceptors (Lipinski definition) is 5. The van der Waals surface area contributed by atoms with Gasteiger partial charge in [0, 0.05) is 5.69 Å². The van der Waals surface area contributed by atoms with Gasteiger partial charge >= 0.3 is 5.97 Å². The summed E-state index contributed by atoms with van der Waals surface area (Å²) in [6.07, 6.45) is 0. The van der Waals surface area contributed by atoms with Gasteiger partial charge in [-0.3, -0.25) is 15.8 Å². The standard InChI is InChI=1S/C8H11N3O3S/c1-3-14-8(12)5-4(2)9-10-6(5)7(15)11-13/h13H,3H2,1-2H3,(H,9,10)(H,11,15). The third kappa shape index (κ3) is 2.31. The highest BCUT2D eigenvalue weighted by molar-refractivity contribution is 7.80. The molecular formula is C8H11N3O3S. The van der Waals surface area contributed by atoms with Gasteiger partial charge in [0.05, 0.1) is 6.61 Å². The summed E-state index contributed by atoms with van der Waals surface area (Å²) in [5.41, 5.74) is 2.74. The largest absolute Gasteiger partial charge is 0.462 e. The molecule has 0 aliphatic rings. The molecule has 1 aromatic rings. The Kier molecular flexibility index (Phi) is 3.75. The van der Waals surface area contributed by atoms with Crippen LogP contribution in [-0.2, 0) is 4.74 Å². The van der Waals surface area contributed by atoms with E-state index in [1.54, 1.807) is 19.3 Å². The lowest BCUT2D eigenvalue weighted by Crippen LogP contribution is -2.21. The monoisotopic (exact) mass is 229 g/mol. The molecule has 1 aromatic heterocycles. The van der Waals surface area contributed by atoms with E-state index in [-0.39, 0.29) is 22.9 Å². The normalized spacial score (nSPS) is 9.80. The molecule has 82 valence electrons. The number of rotatable bonds is 3. The van der Waals surface area contributed by atoms with Gasteiger partial charge in [-0.05, 0) is 13.8 Å². The number of aromatic amines is 1. The molecule has 6 nitrogen and oxygen atoms in total. The molecule has 0 unspecified atom stereocenters. The van der Waals surface area contributed by atoms with Crippen LogP contribution in [0.5, 0.6) is 0 Å². The SMILES string of the molecule is CCOC(=O)c1c(C(=S)NO)n[nH]c1C. The van der Waals surface area contributed by atoms with E-state index in [1.165, 1.54) is 0 Å². The van der Waals surface area contributed by atoms with Crippen LogP contribution in [0.1, 0.15) is 28.7 Å². The van der Waals surface area contributed by atoms with Gasteiger partial charge in [-0.25, -0.2) is 4.79 Å². The van der Waals surface area contributed by atoms with Crippen molar-refractivity contribution < 1.29 is 14.7 Å². The first-order valence-corrected chi connectivity index (χ1v) is 4.69. The van der Waals surface area contributed by atoms with Crippen LogP contribution in [0, 0.1) is 6.92 Å². The summed E-state index contributed by atoms with van der Waals surface area (Å²) in [6.45, 7) is 3.64. The Morgan fingerprint density at radius 3 is 2.93 bits per heavy atom. The van der Waals surface area contributed by atoms with Crippen LogP contribution in [0.15, 0.2) is 0 Å². The van der Waals surface area contributed by atoms with Crippen LogP contribution in [-0.4, -0.2) is 33.0 Å². The Labute approximate surface area is 91.6 Å². The maximum atomic E-state index is 11.5. The molecule has 1 heterocycles. The van der Waals surface area contributed by atoms with Crippen molar-refractivity contribution in [1.82, 2.24) is 15.7 Å². The molecule has 0 fully saturated rings. The maximum Gasteiger partial charge on any atom is 0.342 e. The second-order valence-corrected chi connectivity index (χ2v) is 3.14.